The second-order valence-corrected chi connectivity index (χ2v) is 10.5. The summed E-state index contributed by atoms with van der Waals surface area (Å²) >= 11 is 2.94. The van der Waals surface area contributed by atoms with E-state index in [2.05, 4.69) is 20.7 Å². The Morgan fingerprint density at radius 2 is 0.966 bits per heavy atom. The SMILES string of the molecule is CCOC(=O)CBr.CCOC(=O)Cc1cc([N+](=O)[O-])cc(OC)c1OC.COc1cc([N+](=O)[O-])cc(CC(=O)O)c1OC.COc1ccc([N+](=O)[O-])cc1OC.[Li+].[OH-]. The van der Waals surface area contributed by atoms with Crippen LogP contribution in [0.4, 0.5) is 17.1 Å². The van der Waals surface area contributed by atoms with Crippen LogP contribution < -0.4 is 47.3 Å². The first-order chi connectivity index (χ1) is 26.5. The fraction of sp³-hybridized carbons (Fsp3) is 0.382. The minimum atomic E-state index is -1.11. The molecule has 316 valence electrons. The van der Waals surface area contributed by atoms with E-state index >= 15 is 0 Å². The predicted molar refractivity (Wildman–Crippen MR) is 203 cm³/mol. The summed E-state index contributed by atoms with van der Waals surface area (Å²) in [7, 11) is 8.35. The van der Waals surface area contributed by atoms with Gasteiger partial charge in [-0.3, -0.25) is 44.7 Å². The first-order valence-corrected chi connectivity index (χ1v) is 16.9. The van der Waals surface area contributed by atoms with E-state index in [4.69, 9.17) is 38.3 Å². The molecule has 3 rings (SSSR count). The van der Waals surface area contributed by atoms with E-state index in [0.717, 1.165) is 6.07 Å². The zero-order chi connectivity index (χ0) is 43.0. The van der Waals surface area contributed by atoms with Gasteiger partial charge in [0.2, 0.25) is 0 Å². The number of carbonyl (C=O) groups excluding carboxylic acids is 2. The standard InChI is InChI=1S/C12H15NO6.C10H11NO6.C8H9NO4.C4H7BrO2.Li.H2O/c1-4-19-11(14)6-8-5-9(13(15)16)7-10(17-2)12(8)18-3;1-16-8-5-7(11(14)15)3-6(4-9(12)13)10(8)17-2;1-12-7-4-3-6(9(10)11)5-8(7)13-2;1-2-7-4(6)3-5;;/h5,7H,4,6H2,1-3H3;3,5H,4H2,1-2H3,(H,12,13);3-5H,1-2H3;2-3H2,1H3;;1H2/q;;;;+1;/p-1. The van der Waals surface area contributed by atoms with Gasteiger partial charge in [0.25, 0.3) is 17.1 Å². The molecule has 0 spiro atoms. The third kappa shape index (κ3) is 19.3. The molecule has 0 atom stereocenters. The van der Waals surface area contributed by atoms with Gasteiger partial charge in [-0.1, -0.05) is 15.9 Å². The largest absolute Gasteiger partial charge is 1.00 e. The van der Waals surface area contributed by atoms with Crippen LogP contribution in [0.5, 0.6) is 34.5 Å². The molecule has 0 amide bonds. The number of non-ortho nitro benzene ring substituents is 3. The molecule has 0 fully saturated rings. The van der Waals surface area contributed by atoms with E-state index in [1.54, 1.807) is 13.8 Å². The second kappa shape index (κ2) is 30.3. The van der Waals surface area contributed by atoms with Gasteiger partial charge in [0.1, 0.15) is 5.33 Å². The Balaban J connectivity index is -0.000000720. The molecular formula is C34H43BrLiN3O19. The number of carbonyl (C=O) groups is 3. The molecule has 58 heavy (non-hydrogen) atoms. The maximum absolute atomic E-state index is 11.5. The van der Waals surface area contributed by atoms with Gasteiger partial charge in [-0.2, -0.15) is 0 Å². The molecule has 0 saturated heterocycles. The van der Waals surface area contributed by atoms with Gasteiger partial charge < -0.3 is 48.5 Å². The molecule has 22 nitrogen and oxygen atoms in total. The minimum absolute atomic E-state index is 0. The molecule has 0 saturated carbocycles. The van der Waals surface area contributed by atoms with Crippen molar-refractivity contribution in [3.8, 4) is 34.5 Å². The van der Waals surface area contributed by atoms with Crippen LogP contribution >= 0.6 is 15.9 Å². The minimum Gasteiger partial charge on any atom is -0.870 e. The van der Waals surface area contributed by atoms with Gasteiger partial charge in [0.05, 0.1) is 102 Å². The number of benzene rings is 3. The van der Waals surface area contributed by atoms with E-state index in [9.17, 15) is 44.7 Å². The summed E-state index contributed by atoms with van der Waals surface area (Å²) in [6, 6.07) is 9.04. The Labute approximate surface area is 352 Å². The van der Waals surface area contributed by atoms with Crippen LogP contribution in [0, 0.1) is 30.3 Å². The number of esters is 2. The zero-order valence-electron chi connectivity index (χ0n) is 33.1. The van der Waals surface area contributed by atoms with E-state index in [-0.39, 0.29) is 89.6 Å². The number of halogens is 1. The number of carboxylic acids is 1. The number of nitrogens with zero attached hydrogens (tertiary/aromatic N) is 3. The van der Waals surface area contributed by atoms with Crippen LogP contribution in [0.3, 0.4) is 0 Å². The number of hydrogen-bond acceptors (Lipinski definition) is 18. The summed E-state index contributed by atoms with van der Waals surface area (Å²) < 4.78 is 39.2. The molecule has 0 heterocycles. The number of hydrogen-bond donors (Lipinski definition) is 1. The predicted octanol–water partition coefficient (Wildman–Crippen LogP) is 2.34. The number of aliphatic carboxylic acids is 1. The van der Waals surface area contributed by atoms with Gasteiger partial charge in [-0.25, -0.2) is 0 Å². The number of methoxy groups -OCH3 is 6. The molecule has 24 heteroatoms. The smallest absolute Gasteiger partial charge is 0.870 e. The summed E-state index contributed by atoms with van der Waals surface area (Å²) in [6.45, 7) is 4.17. The Kier molecular flexibility index (Phi) is 29.5. The molecule has 3 aromatic carbocycles. The normalized spacial score (nSPS) is 9.19. The van der Waals surface area contributed by atoms with E-state index in [1.165, 1.54) is 79.1 Å². The number of rotatable bonds is 16. The fourth-order valence-corrected chi connectivity index (χ4v) is 4.36. The fourth-order valence-electron chi connectivity index (χ4n) is 4.20. The second-order valence-electron chi connectivity index (χ2n) is 9.98. The van der Waals surface area contributed by atoms with Gasteiger partial charge in [0.15, 0.2) is 34.5 Å². The topological polar surface area (TPSA) is 305 Å². The van der Waals surface area contributed by atoms with Crippen molar-refractivity contribution in [1.29, 1.82) is 0 Å². The van der Waals surface area contributed by atoms with Crippen LogP contribution in [-0.2, 0) is 36.7 Å². The number of nitro groups is 3. The van der Waals surface area contributed by atoms with Crippen molar-refractivity contribution in [2.75, 3.05) is 61.2 Å². The van der Waals surface area contributed by atoms with Crippen molar-refractivity contribution in [2.45, 2.75) is 26.7 Å². The van der Waals surface area contributed by atoms with E-state index < -0.39 is 26.7 Å². The van der Waals surface area contributed by atoms with Gasteiger partial charge >= 0.3 is 36.8 Å². The number of carboxylic acid groups (broad SMARTS) is 1. The van der Waals surface area contributed by atoms with Gasteiger partial charge in [-0.05, 0) is 19.9 Å². The Morgan fingerprint density at radius 3 is 1.28 bits per heavy atom. The van der Waals surface area contributed by atoms with Crippen molar-refractivity contribution in [2.24, 2.45) is 0 Å². The molecule has 2 N–H and O–H groups in total. The summed E-state index contributed by atoms with van der Waals surface area (Å²) in [4.78, 5) is 62.5. The molecule has 0 aliphatic carbocycles. The zero-order valence-corrected chi connectivity index (χ0v) is 34.7. The van der Waals surface area contributed by atoms with Crippen LogP contribution in [0.15, 0.2) is 42.5 Å². The third-order valence-corrected chi connectivity index (χ3v) is 6.93. The van der Waals surface area contributed by atoms with Crippen molar-refractivity contribution in [1.82, 2.24) is 0 Å². The van der Waals surface area contributed by atoms with Crippen molar-refractivity contribution < 1.29 is 96.5 Å². The maximum atomic E-state index is 11.5. The molecule has 0 aromatic heterocycles. The van der Waals surface area contributed by atoms with Crippen molar-refractivity contribution in [3.05, 3.63) is 83.9 Å². The summed E-state index contributed by atoms with van der Waals surface area (Å²) in [5.41, 5.74) is 0.131. The molecule has 0 bridgehead atoms. The molecule has 3 aromatic rings. The van der Waals surface area contributed by atoms with Gasteiger partial charge in [0, 0.05) is 29.3 Å². The average molecular weight is 885 g/mol. The summed E-state index contributed by atoms with van der Waals surface area (Å²) in [6.07, 6.45) is -0.490. The number of ether oxygens (including phenoxy) is 8. The Bertz CT molecular complexity index is 1810. The monoisotopic (exact) mass is 883 g/mol. The first-order valence-electron chi connectivity index (χ1n) is 15.8. The van der Waals surface area contributed by atoms with Crippen LogP contribution in [0.1, 0.15) is 25.0 Å². The maximum Gasteiger partial charge on any atom is 1.00 e. The van der Waals surface area contributed by atoms with Crippen LogP contribution in [0.2, 0.25) is 0 Å². The van der Waals surface area contributed by atoms with Crippen molar-refractivity contribution >= 4 is 50.9 Å². The number of nitro benzene ring substituents is 3. The molecule has 0 unspecified atom stereocenters. The summed E-state index contributed by atoms with van der Waals surface area (Å²) in [5, 5.41) is 40.9. The summed E-state index contributed by atoms with van der Waals surface area (Å²) in [5.74, 6) is -0.128. The number of alkyl halides is 1. The Hall–Kier alpha value is -5.89. The van der Waals surface area contributed by atoms with Crippen molar-refractivity contribution in [3.63, 3.8) is 0 Å². The Morgan fingerprint density at radius 1 is 0.586 bits per heavy atom. The van der Waals surface area contributed by atoms with Crippen LogP contribution in [-0.4, -0.2) is 104 Å². The van der Waals surface area contributed by atoms with Crippen LogP contribution in [0.25, 0.3) is 0 Å². The molecule has 0 aliphatic rings. The third-order valence-electron chi connectivity index (χ3n) is 6.48. The average Bonchev–Trinajstić information content (AvgIpc) is 3.17. The quantitative estimate of drug-likeness (QED) is 0.0709. The van der Waals surface area contributed by atoms with E-state index in [1.807, 2.05) is 0 Å². The molecule has 0 radical (unpaired) electrons. The van der Waals surface area contributed by atoms with Gasteiger partial charge in [-0.15, -0.1) is 0 Å². The molecular weight excluding hydrogens is 841 g/mol. The van der Waals surface area contributed by atoms with E-state index in [0.29, 0.717) is 34.7 Å². The molecule has 0 aliphatic heterocycles. The first kappa shape index (κ1) is 56.4.